The second-order valence-corrected chi connectivity index (χ2v) is 8.35. The lowest BCUT2D eigenvalue weighted by molar-refractivity contribution is -0.158. The van der Waals surface area contributed by atoms with Crippen LogP contribution >= 0.6 is 23.1 Å². The molecule has 0 spiro atoms. The Bertz CT molecular complexity index is 975. The number of nitrogen functional groups attached to an aromatic ring is 1. The van der Waals surface area contributed by atoms with E-state index in [-0.39, 0.29) is 11.3 Å². The lowest BCUT2D eigenvalue weighted by atomic mass is 10.0. The highest BCUT2D eigenvalue weighted by atomic mass is 32.2. The third-order valence-corrected chi connectivity index (χ3v) is 6.59. The molecular weight excluding hydrogens is 400 g/mol. The third-order valence-electron chi connectivity index (χ3n) is 4.57. The van der Waals surface area contributed by atoms with Gasteiger partial charge in [0.2, 0.25) is 5.91 Å². The Morgan fingerprint density at radius 1 is 1.32 bits per heavy atom. The number of carbonyl (C=O) groups excluding carboxylic acids is 2. The summed E-state index contributed by atoms with van der Waals surface area (Å²) in [6.07, 6.45) is 1.69. The monoisotopic (exact) mass is 416 g/mol. The van der Waals surface area contributed by atoms with E-state index >= 15 is 0 Å². The van der Waals surface area contributed by atoms with Gasteiger partial charge in [-0.25, -0.2) is 9.78 Å². The number of hydrogen-bond acceptors (Lipinski definition) is 7. The molecule has 2 fully saturated rings. The second-order valence-electron chi connectivity index (χ2n) is 6.31. The molecule has 2 aliphatic rings. The smallest absolute Gasteiger partial charge is 0.327 e. The van der Waals surface area contributed by atoms with Crippen molar-refractivity contribution < 1.29 is 19.5 Å². The summed E-state index contributed by atoms with van der Waals surface area (Å²) in [7, 11) is 0. The molecule has 8 nitrogen and oxygen atoms in total. The predicted molar refractivity (Wildman–Crippen MR) is 107 cm³/mol. The number of thioether (sulfide) groups is 1. The molecule has 2 aromatic rings. The fourth-order valence-electron chi connectivity index (χ4n) is 3.19. The Morgan fingerprint density at radius 2 is 2.07 bits per heavy atom. The van der Waals surface area contributed by atoms with Crippen molar-refractivity contribution in [3.63, 3.8) is 0 Å². The minimum Gasteiger partial charge on any atom is -0.480 e. The number of carboxylic acid groups (broad SMARTS) is 1. The van der Waals surface area contributed by atoms with Crippen LogP contribution in [0.5, 0.6) is 0 Å². The summed E-state index contributed by atoms with van der Waals surface area (Å²) in [5.41, 5.74) is 7.24. The minimum absolute atomic E-state index is 0.295. The van der Waals surface area contributed by atoms with Gasteiger partial charge in [0.25, 0.3) is 5.91 Å². The number of thiazole rings is 1. The van der Waals surface area contributed by atoms with Crippen molar-refractivity contribution in [2.75, 3.05) is 11.5 Å². The largest absolute Gasteiger partial charge is 0.480 e. The highest BCUT2D eigenvalue weighted by molar-refractivity contribution is 8.00. The zero-order valence-corrected chi connectivity index (χ0v) is 16.1. The molecule has 3 heterocycles. The van der Waals surface area contributed by atoms with E-state index in [1.165, 1.54) is 28.0 Å². The quantitative estimate of drug-likeness (QED) is 0.492. The SMILES string of the molecule is Nc1nc(C(=Cc2ccccc2)C(=O)NC2C(=O)N3C(C(=O)O)CS[C@H]23)cs1. The van der Waals surface area contributed by atoms with Gasteiger partial charge in [-0.2, -0.15) is 0 Å². The van der Waals surface area contributed by atoms with E-state index in [4.69, 9.17) is 5.73 Å². The van der Waals surface area contributed by atoms with Crippen LogP contribution in [0.3, 0.4) is 0 Å². The molecule has 4 N–H and O–H groups in total. The average Bonchev–Trinajstić information content (AvgIpc) is 3.29. The number of nitrogens with two attached hydrogens (primary N) is 1. The average molecular weight is 416 g/mol. The molecule has 0 bridgehead atoms. The summed E-state index contributed by atoms with van der Waals surface area (Å²) in [6, 6.07) is 7.68. The molecule has 2 amide bonds. The van der Waals surface area contributed by atoms with E-state index in [1.807, 2.05) is 30.3 Å². The number of hydrogen-bond donors (Lipinski definition) is 3. The van der Waals surface area contributed by atoms with Crippen LogP contribution in [0, 0.1) is 0 Å². The summed E-state index contributed by atoms with van der Waals surface area (Å²) in [6.45, 7) is 0. The van der Waals surface area contributed by atoms with Crippen LogP contribution in [0.2, 0.25) is 0 Å². The van der Waals surface area contributed by atoms with Crippen LogP contribution in [0.15, 0.2) is 35.7 Å². The number of amides is 2. The van der Waals surface area contributed by atoms with Crippen molar-refractivity contribution in [2.45, 2.75) is 17.5 Å². The van der Waals surface area contributed by atoms with Crippen molar-refractivity contribution in [2.24, 2.45) is 0 Å². The number of carboxylic acids is 1. The summed E-state index contributed by atoms with van der Waals surface area (Å²) >= 11 is 2.57. The summed E-state index contributed by atoms with van der Waals surface area (Å²) in [4.78, 5) is 42.1. The zero-order chi connectivity index (χ0) is 19.8. The molecule has 2 saturated heterocycles. The van der Waals surface area contributed by atoms with Crippen LogP contribution in [0.25, 0.3) is 11.6 Å². The van der Waals surface area contributed by atoms with E-state index in [0.29, 0.717) is 22.2 Å². The molecule has 1 aromatic carbocycles. The standard InChI is InChI=1S/C18H16N4O4S2/c19-18-20-11(7-28-18)10(6-9-4-2-1-3-5-9)14(23)21-13-15(24)22-12(17(25)26)8-27-16(13)22/h1-7,12-13,16H,8H2,(H2,19,20)(H,21,23)(H,25,26)/t12?,13?,16-/m1/s1. The number of nitrogens with one attached hydrogen (secondary N) is 1. The summed E-state index contributed by atoms with van der Waals surface area (Å²) < 4.78 is 0. The molecule has 0 radical (unpaired) electrons. The van der Waals surface area contributed by atoms with Gasteiger partial charge in [0.15, 0.2) is 5.13 Å². The van der Waals surface area contributed by atoms with Gasteiger partial charge in [-0.3, -0.25) is 9.59 Å². The minimum atomic E-state index is -1.03. The van der Waals surface area contributed by atoms with Gasteiger partial charge in [-0.05, 0) is 11.6 Å². The van der Waals surface area contributed by atoms with Gasteiger partial charge < -0.3 is 21.1 Å². The first-order valence-electron chi connectivity index (χ1n) is 8.41. The maximum atomic E-state index is 13.0. The van der Waals surface area contributed by atoms with Crippen LogP contribution in [0.1, 0.15) is 11.3 Å². The van der Waals surface area contributed by atoms with Crippen molar-refractivity contribution in [1.29, 1.82) is 0 Å². The highest BCUT2D eigenvalue weighted by Gasteiger charge is 2.57. The number of β-lactam (4-membered cyclic amide) rings is 1. The van der Waals surface area contributed by atoms with Crippen LogP contribution in [0.4, 0.5) is 5.13 Å². The number of aliphatic carboxylic acids is 1. The lowest BCUT2D eigenvalue weighted by Crippen LogP contribution is -2.70. The van der Waals surface area contributed by atoms with E-state index in [2.05, 4.69) is 10.3 Å². The zero-order valence-electron chi connectivity index (χ0n) is 14.4. The van der Waals surface area contributed by atoms with Crippen LogP contribution in [-0.2, 0) is 14.4 Å². The van der Waals surface area contributed by atoms with Gasteiger partial charge in [-0.15, -0.1) is 23.1 Å². The maximum Gasteiger partial charge on any atom is 0.327 e. The molecule has 10 heteroatoms. The van der Waals surface area contributed by atoms with E-state index in [0.717, 1.165) is 5.56 Å². The molecule has 2 unspecified atom stereocenters. The Morgan fingerprint density at radius 3 is 2.71 bits per heavy atom. The molecule has 3 atom stereocenters. The van der Waals surface area contributed by atoms with Gasteiger partial charge in [0.1, 0.15) is 17.5 Å². The Kier molecular flexibility index (Phi) is 4.82. The number of aromatic nitrogens is 1. The predicted octanol–water partition coefficient (Wildman–Crippen LogP) is 1.12. The molecule has 1 aromatic heterocycles. The van der Waals surface area contributed by atoms with Crippen molar-refractivity contribution in [3.05, 3.63) is 47.0 Å². The number of carbonyl (C=O) groups is 3. The molecule has 4 rings (SSSR count). The van der Waals surface area contributed by atoms with Gasteiger partial charge in [-0.1, -0.05) is 30.3 Å². The normalized spacial score (nSPS) is 23.9. The van der Waals surface area contributed by atoms with Crippen molar-refractivity contribution >= 4 is 57.7 Å². The first kappa shape index (κ1) is 18.5. The Hall–Kier alpha value is -2.85. The summed E-state index contributed by atoms with van der Waals surface area (Å²) in [5, 5.41) is 13.6. The second kappa shape index (κ2) is 7.28. The molecule has 0 saturated carbocycles. The lowest BCUT2D eigenvalue weighted by Gasteiger charge is -2.43. The van der Waals surface area contributed by atoms with Gasteiger partial charge in [0.05, 0.1) is 11.3 Å². The Labute approximate surface area is 168 Å². The highest BCUT2D eigenvalue weighted by Crippen LogP contribution is 2.40. The van der Waals surface area contributed by atoms with E-state index in [9.17, 15) is 19.5 Å². The van der Waals surface area contributed by atoms with Crippen LogP contribution < -0.4 is 11.1 Å². The number of rotatable bonds is 5. The van der Waals surface area contributed by atoms with Crippen LogP contribution in [-0.4, -0.2) is 56.0 Å². The number of fused-ring (bicyclic) bond motifs is 1. The first-order chi connectivity index (χ1) is 13.5. The van der Waals surface area contributed by atoms with Crippen molar-refractivity contribution in [1.82, 2.24) is 15.2 Å². The first-order valence-corrected chi connectivity index (χ1v) is 10.3. The fraction of sp³-hybridized carbons (Fsp3) is 0.222. The fourth-order valence-corrected chi connectivity index (χ4v) is 5.22. The third kappa shape index (κ3) is 3.25. The Balaban J connectivity index is 1.57. The molecule has 2 aliphatic heterocycles. The number of benzene rings is 1. The number of anilines is 1. The maximum absolute atomic E-state index is 13.0. The molecule has 28 heavy (non-hydrogen) atoms. The molecular formula is C18H16N4O4S2. The van der Waals surface area contributed by atoms with Gasteiger partial charge in [0, 0.05) is 11.1 Å². The number of nitrogens with zero attached hydrogens (tertiary/aromatic N) is 2. The van der Waals surface area contributed by atoms with Crippen molar-refractivity contribution in [3.8, 4) is 0 Å². The van der Waals surface area contributed by atoms with E-state index < -0.39 is 24.0 Å². The molecule has 0 aliphatic carbocycles. The topological polar surface area (TPSA) is 126 Å². The van der Waals surface area contributed by atoms with E-state index in [1.54, 1.807) is 11.5 Å². The molecule has 144 valence electrons. The summed E-state index contributed by atoms with van der Waals surface area (Å²) in [5.74, 6) is -1.55. The van der Waals surface area contributed by atoms with Gasteiger partial charge >= 0.3 is 5.97 Å².